The molecule has 0 radical (unpaired) electrons. The molecule has 0 saturated carbocycles. The van der Waals surface area contributed by atoms with E-state index in [9.17, 15) is 14.4 Å². The number of hydrazone groups is 1. The highest BCUT2D eigenvalue weighted by atomic mass is 16.5. The van der Waals surface area contributed by atoms with E-state index >= 15 is 0 Å². The van der Waals surface area contributed by atoms with Gasteiger partial charge in [0, 0.05) is 6.07 Å². The molecule has 1 unspecified atom stereocenters. The predicted octanol–water partition coefficient (Wildman–Crippen LogP) is 2.64. The standard InChI is InChI=1S/C24H25N5O7/c1-5-36-23(31)20(18-13-25-15-8-6-7-9-16(15)26-18)21(28-29-24(32)35-4)22(30)27-17-12-14(33-2)10-11-19(17)34-3/h6-13,20H,5H2,1-4H3,(H,27,30)(H,29,32). The smallest absolute Gasteiger partial charge is 0.427 e. The SMILES string of the molecule is CCOC(=O)C(C(=NNC(=O)OC)C(=O)Nc1cc(OC)ccc1OC)c1cnc2ccccc2n1. The summed E-state index contributed by atoms with van der Waals surface area (Å²) in [6, 6.07) is 11.8. The van der Waals surface area contributed by atoms with Gasteiger partial charge in [0.1, 0.15) is 23.1 Å². The van der Waals surface area contributed by atoms with Gasteiger partial charge in [0.2, 0.25) is 0 Å². The van der Waals surface area contributed by atoms with Crippen LogP contribution in [0.3, 0.4) is 0 Å². The number of rotatable bonds is 9. The van der Waals surface area contributed by atoms with Crippen LogP contribution in [-0.2, 0) is 19.1 Å². The van der Waals surface area contributed by atoms with Crippen LogP contribution in [0.2, 0.25) is 0 Å². The number of fused-ring (bicyclic) bond motifs is 1. The van der Waals surface area contributed by atoms with E-state index in [2.05, 4.69) is 30.5 Å². The van der Waals surface area contributed by atoms with E-state index in [1.54, 1.807) is 43.3 Å². The third-order valence-corrected chi connectivity index (χ3v) is 4.90. The zero-order valence-corrected chi connectivity index (χ0v) is 20.1. The number of anilines is 1. The molecule has 0 fully saturated rings. The minimum absolute atomic E-state index is 0.0272. The number of methoxy groups -OCH3 is 3. The van der Waals surface area contributed by atoms with E-state index in [1.165, 1.54) is 26.5 Å². The van der Waals surface area contributed by atoms with Crippen LogP contribution in [0, 0.1) is 0 Å². The number of carbonyl (C=O) groups excluding carboxylic acids is 3. The van der Waals surface area contributed by atoms with Crippen molar-refractivity contribution in [2.24, 2.45) is 5.10 Å². The number of hydrogen-bond acceptors (Lipinski definition) is 10. The summed E-state index contributed by atoms with van der Waals surface area (Å²) in [7, 11) is 4.02. The largest absolute Gasteiger partial charge is 0.497 e. The highest BCUT2D eigenvalue weighted by Gasteiger charge is 2.35. The van der Waals surface area contributed by atoms with Crippen molar-refractivity contribution in [2.75, 3.05) is 33.3 Å². The van der Waals surface area contributed by atoms with Crippen molar-refractivity contribution in [1.29, 1.82) is 0 Å². The highest BCUT2D eigenvalue weighted by molar-refractivity contribution is 6.48. The number of carbonyl (C=O) groups is 3. The number of nitrogens with one attached hydrogen (secondary N) is 2. The second-order valence-electron chi connectivity index (χ2n) is 7.09. The quantitative estimate of drug-likeness (QED) is 0.259. The number of esters is 1. The molecule has 0 aliphatic carbocycles. The van der Waals surface area contributed by atoms with E-state index in [4.69, 9.17) is 14.2 Å². The molecule has 2 aromatic carbocycles. The van der Waals surface area contributed by atoms with E-state index in [0.717, 1.165) is 7.11 Å². The number of amides is 2. The molecule has 2 N–H and O–H groups in total. The Morgan fingerprint density at radius 3 is 2.44 bits per heavy atom. The Morgan fingerprint density at radius 1 is 1.03 bits per heavy atom. The molecule has 3 rings (SSSR count). The second-order valence-corrected chi connectivity index (χ2v) is 7.09. The Bertz CT molecular complexity index is 1290. The summed E-state index contributed by atoms with van der Waals surface area (Å²) in [5.74, 6) is -2.33. The molecule has 12 nitrogen and oxygen atoms in total. The molecule has 36 heavy (non-hydrogen) atoms. The maximum absolute atomic E-state index is 13.5. The van der Waals surface area contributed by atoms with Gasteiger partial charge in [0.05, 0.1) is 56.5 Å². The van der Waals surface area contributed by atoms with E-state index in [-0.39, 0.29) is 18.0 Å². The third-order valence-electron chi connectivity index (χ3n) is 4.90. The van der Waals surface area contributed by atoms with Crippen LogP contribution < -0.4 is 20.2 Å². The molecule has 1 aromatic heterocycles. The topological polar surface area (TPSA) is 150 Å². The van der Waals surface area contributed by atoms with Crippen molar-refractivity contribution in [3.63, 3.8) is 0 Å². The average Bonchev–Trinajstić information content (AvgIpc) is 2.90. The fourth-order valence-corrected chi connectivity index (χ4v) is 3.20. The van der Waals surface area contributed by atoms with E-state index in [1.807, 2.05) is 0 Å². The summed E-state index contributed by atoms with van der Waals surface area (Å²) in [6.45, 7) is 1.64. The molecule has 3 aromatic rings. The van der Waals surface area contributed by atoms with Gasteiger partial charge < -0.3 is 24.3 Å². The minimum atomic E-state index is -1.43. The van der Waals surface area contributed by atoms with Gasteiger partial charge in [-0.2, -0.15) is 5.10 Å². The van der Waals surface area contributed by atoms with Crippen LogP contribution in [0.1, 0.15) is 18.5 Å². The van der Waals surface area contributed by atoms with Crippen LogP contribution in [0.5, 0.6) is 11.5 Å². The molecule has 0 aliphatic heterocycles. The van der Waals surface area contributed by atoms with Crippen molar-refractivity contribution in [3.8, 4) is 11.5 Å². The summed E-state index contributed by atoms with van der Waals surface area (Å²) in [6.07, 6.45) is 0.392. The number of para-hydroxylation sites is 2. The molecule has 188 valence electrons. The number of benzene rings is 2. The molecule has 2 amide bonds. The van der Waals surface area contributed by atoms with Crippen molar-refractivity contribution in [2.45, 2.75) is 12.8 Å². The van der Waals surface area contributed by atoms with Crippen molar-refractivity contribution >= 4 is 40.4 Å². The zero-order valence-electron chi connectivity index (χ0n) is 20.1. The fourth-order valence-electron chi connectivity index (χ4n) is 3.20. The normalized spacial score (nSPS) is 11.8. The first-order chi connectivity index (χ1) is 17.4. The molecule has 0 aliphatic rings. The Balaban J connectivity index is 2.11. The Labute approximate surface area is 206 Å². The molecular weight excluding hydrogens is 470 g/mol. The predicted molar refractivity (Wildman–Crippen MR) is 130 cm³/mol. The first kappa shape index (κ1) is 25.9. The van der Waals surface area contributed by atoms with Crippen LogP contribution >= 0.6 is 0 Å². The first-order valence-corrected chi connectivity index (χ1v) is 10.7. The molecule has 1 heterocycles. The molecule has 0 saturated heterocycles. The van der Waals surface area contributed by atoms with Gasteiger partial charge in [-0.25, -0.2) is 15.2 Å². The van der Waals surface area contributed by atoms with Crippen molar-refractivity contribution in [1.82, 2.24) is 15.4 Å². The highest BCUT2D eigenvalue weighted by Crippen LogP contribution is 2.29. The Morgan fingerprint density at radius 2 is 1.78 bits per heavy atom. The summed E-state index contributed by atoms with van der Waals surface area (Å²) < 4.78 is 20.3. The maximum atomic E-state index is 13.5. The molecule has 0 bridgehead atoms. The molecule has 12 heteroatoms. The Kier molecular flexibility index (Phi) is 8.70. The third kappa shape index (κ3) is 6.03. The van der Waals surface area contributed by atoms with Gasteiger partial charge in [-0.3, -0.25) is 14.6 Å². The van der Waals surface area contributed by atoms with Gasteiger partial charge in [0.25, 0.3) is 5.91 Å². The average molecular weight is 495 g/mol. The number of hydrogen-bond donors (Lipinski definition) is 2. The van der Waals surface area contributed by atoms with Crippen molar-refractivity contribution in [3.05, 3.63) is 54.4 Å². The molecule has 1 atom stereocenters. The van der Waals surface area contributed by atoms with E-state index in [0.29, 0.717) is 22.5 Å². The number of ether oxygens (including phenoxy) is 4. The zero-order chi connectivity index (χ0) is 26.1. The first-order valence-electron chi connectivity index (χ1n) is 10.7. The van der Waals surface area contributed by atoms with Crippen LogP contribution in [-0.4, -0.2) is 61.6 Å². The summed E-state index contributed by atoms with van der Waals surface area (Å²) in [5, 5.41) is 6.53. The summed E-state index contributed by atoms with van der Waals surface area (Å²) >= 11 is 0. The van der Waals surface area contributed by atoms with Gasteiger partial charge in [-0.1, -0.05) is 12.1 Å². The van der Waals surface area contributed by atoms with E-state index < -0.39 is 29.6 Å². The number of aromatic nitrogens is 2. The lowest BCUT2D eigenvalue weighted by atomic mass is 9.98. The summed E-state index contributed by atoms with van der Waals surface area (Å²) in [5.41, 5.74) is 3.06. The van der Waals surface area contributed by atoms with Gasteiger partial charge in [-0.15, -0.1) is 0 Å². The van der Waals surface area contributed by atoms with Crippen LogP contribution in [0.15, 0.2) is 53.8 Å². The molecule has 0 spiro atoms. The van der Waals surface area contributed by atoms with Gasteiger partial charge in [0.15, 0.2) is 0 Å². The lowest BCUT2D eigenvalue weighted by Gasteiger charge is -2.18. The minimum Gasteiger partial charge on any atom is -0.497 e. The fraction of sp³-hybridized carbons (Fsp3) is 0.250. The maximum Gasteiger partial charge on any atom is 0.427 e. The van der Waals surface area contributed by atoms with Crippen molar-refractivity contribution < 1.29 is 33.3 Å². The van der Waals surface area contributed by atoms with Crippen LogP contribution in [0.25, 0.3) is 11.0 Å². The lowest BCUT2D eigenvalue weighted by molar-refractivity contribution is -0.143. The number of nitrogens with zero attached hydrogens (tertiary/aromatic N) is 3. The summed E-state index contributed by atoms with van der Waals surface area (Å²) in [4.78, 5) is 47.1. The van der Waals surface area contributed by atoms with Crippen LogP contribution in [0.4, 0.5) is 10.5 Å². The Hall–Kier alpha value is -4.74. The molecular formula is C24H25N5O7. The lowest BCUT2D eigenvalue weighted by Crippen LogP contribution is -2.37. The van der Waals surface area contributed by atoms with Gasteiger partial charge in [-0.05, 0) is 31.2 Å². The van der Waals surface area contributed by atoms with Gasteiger partial charge >= 0.3 is 12.1 Å². The monoisotopic (exact) mass is 495 g/mol. The second kappa shape index (κ2) is 12.1.